The van der Waals surface area contributed by atoms with E-state index in [9.17, 15) is 9.59 Å². The molecule has 0 N–H and O–H groups in total. The molecule has 0 aliphatic carbocycles. The fourth-order valence-electron chi connectivity index (χ4n) is 5.41. The second kappa shape index (κ2) is 7.79. The summed E-state index contributed by atoms with van der Waals surface area (Å²) in [7, 11) is 1.99. The quantitative estimate of drug-likeness (QED) is 0.530. The highest BCUT2D eigenvalue weighted by Gasteiger charge is 2.60. The number of hydrogen-bond acceptors (Lipinski definition) is 4. The van der Waals surface area contributed by atoms with Crippen molar-refractivity contribution >= 4 is 11.8 Å². The van der Waals surface area contributed by atoms with Crippen molar-refractivity contribution in [1.82, 2.24) is 9.47 Å². The molecule has 0 radical (unpaired) electrons. The summed E-state index contributed by atoms with van der Waals surface area (Å²) in [4.78, 5) is 27.5. The first kappa shape index (κ1) is 19.9. The molecule has 3 atom stereocenters. The number of ketones is 1. The standard InChI is InChI=1S/C24H30N2O3/c1-4-29-23(28)24(13-18-8-6-5-7-9-18)14-20-10-11-22(24)26(20)16-21-12-19(17(2)27)15-25(21)3/h5-9,12,15,20,22H,4,10-11,13-14,16H2,1-3H3/t20-,22+,24+/m0/s1. The Morgan fingerprint density at radius 1 is 1.21 bits per heavy atom. The molecule has 154 valence electrons. The first-order chi connectivity index (χ1) is 13.9. The van der Waals surface area contributed by atoms with Crippen molar-refractivity contribution in [1.29, 1.82) is 0 Å². The zero-order valence-electron chi connectivity index (χ0n) is 17.6. The lowest BCUT2D eigenvalue weighted by Crippen LogP contribution is -2.46. The number of ether oxygens (including phenoxy) is 1. The van der Waals surface area contributed by atoms with Gasteiger partial charge in [0.25, 0.3) is 0 Å². The van der Waals surface area contributed by atoms with Gasteiger partial charge in [-0.15, -0.1) is 0 Å². The summed E-state index contributed by atoms with van der Waals surface area (Å²) in [6, 6.07) is 12.8. The number of rotatable bonds is 7. The SMILES string of the molecule is CCOC(=O)[C@]1(Cc2ccccc2)C[C@@H]2CC[C@H]1N2Cc1cc(C(C)=O)cn1C. The third kappa shape index (κ3) is 3.52. The Morgan fingerprint density at radius 3 is 2.62 bits per heavy atom. The average molecular weight is 395 g/mol. The van der Waals surface area contributed by atoms with Gasteiger partial charge in [0.2, 0.25) is 0 Å². The van der Waals surface area contributed by atoms with E-state index < -0.39 is 5.41 Å². The molecule has 1 aromatic heterocycles. The predicted octanol–water partition coefficient (Wildman–Crippen LogP) is 3.76. The normalized spacial score (nSPS) is 26.0. The maximum atomic E-state index is 13.2. The van der Waals surface area contributed by atoms with Crippen molar-refractivity contribution in [2.75, 3.05) is 6.61 Å². The molecule has 0 saturated carbocycles. The maximum Gasteiger partial charge on any atom is 0.314 e. The van der Waals surface area contributed by atoms with E-state index >= 15 is 0 Å². The zero-order chi connectivity index (χ0) is 20.6. The lowest BCUT2D eigenvalue weighted by atomic mass is 9.70. The molecule has 2 fully saturated rings. The van der Waals surface area contributed by atoms with Crippen LogP contribution in [0.4, 0.5) is 0 Å². The summed E-state index contributed by atoms with van der Waals surface area (Å²) in [5, 5.41) is 0. The first-order valence-corrected chi connectivity index (χ1v) is 10.6. The minimum Gasteiger partial charge on any atom is -0.466 e. The average Bonchev–Trinajstić information content (AvgIpc) is 3.35. The Hall–Kier alpha value is -2.40. The molecule has 2 saturated heterocycles. The van der Waals surface area contributed by atoms with E-state index in [2.05, 4.69) is 17.0 Å². The van der Waals surface area contributed by atoms with Crippen LogP contribution in [0.2, 0.25) is 0 Å². The molecule has 29 heavy (non-hydrogen) atoms. The molecular weight excluding hydrogens is 364 g/mol. The molecule has 1 aromatic carbocycles. The molecule has 2 aliphatic rings. The van der Waals surface area contributed by atoms with Gasteiger partial charge in [0, 0.05) is 43.1 Å². The number of hydrogen-bond donors (Lipinski definition) is 0. The van der Waals surface area contributed by atoms with Gasteiger partial charge in [-0.3, -0.25) is 14.5 Å². The molecule has 2 aliphatic heterocycles. The predicted molar refractivity (Wildman–Crippen MR) is 112 cm³/mol. The largest absolute Gasteiger partial charge is 0.466 e. The number of esters is 1. The van der Waals surface area contributed by atoms with Gasteiger partial charge in [-0.1, -0.05) is 30.3 Å². The highest BCUT2D eigenvalue weighted by Crippen LogP contribution is 2.52. The molecule has 4 rings (SSSR count). The number of benzene rings is 1. The molecule has 5 nitrogen and oxygen atoms in total. The first-order valence-electron chi connectivity index (χ1n) is 10.6. The lowest BCUT2D eigenvalue weighted by Gasteiger charge is -2.35. The van der Waals surface area contributed by atoms with Crippen molar-refractivity contribution in [2.45, 2.75) is 58.2 Å². The van der Waals surface area contributed by atoms with Crippen molar-refractivity contribution < 1.29 is 14.3 Å². The minimum atomic E-state index is -0.491. The topological polar surface area (TPSA) is 51.5 Å². The Bertz CT molecular complexity index is 904. The lowest BCUT2D eigenvalue weighted by molar-refractivity contribution is -0.157. The summed E-state index contributed by atoms with van der Waals surface area (Å²) < 4.78 is 7.64. The van der Waals surface area contributed by atoms with Crippen LogP contribution in [0.3, 0.4) is 0 Å². The fraction of sp³-hybridized carbons (Fsp3) is 0.500. The zero-order valence-corrected chi connectivity index (χ0v) is 17.6. The van der Waals surface area contributed by atoms with Crippen LogP contribution in [-0.4, -0.2) is 39.9 Å². The number of carbonyl (C=O) groups excluding carboxylic acids is 2. The van der Waals surface area contributed by atoms with Crippen LogP contribution in [0.25, 0.3) is 0 Å². The second-order valence-corrected chi connectivity index (χ2v) is 8.55. The number of carbonyl (C=O) groups is 2. The summed E-state index contributed by atoms with van der Waals surface area (Å²) in [6.07, 6.45) is 5.59. The van der Waals surface area contributed by atoms with E-state index in [0.29, 0.717) is 12.6 Å². The van der Waals surface area contributed by atoms with Crippen molar-refractivity contribution in [3.8, 4) is 0 Å². The highest BCUT2D eigenvalue weighted by atomic mass is 16.5. The van der Waals surface area contributed by atoms with Crippen LogP contribution >= 0.6 is 0 Å². The smallest absolute Gasteiger partial charge is 0.314 e. The molecule has 5 heteroatoms. The minimum absolute atomic E-state index is 0.0580. The summed E-state index contributed by atoms with van der Waals surface area (Å²) in [6.45, 7) is 4.65. The van der Waals surface area contributed by atoms with E-state index in [4.69, 9.17) is 4.74 Å². The second-order valence-electron chi connectivity index (χ2n) is 8.55. The van der Waals surface area contributed by atoms with Gasteiger partial charge in [0.15, 0.2) is 5.78 Å². The third-order valence-corrected chi connectivity index (χ3v) is 6.78. The van der Waals surface area contributed by atoms with Crippen molar-refractivity contribution in [3.05, 3.63) is 59.4 Å². The van der Waals surface area contributed by atoms with Gasteiger partial charge in [-0.05, 0) is 51.2 Å². The fourth-order valence-corrected chi connectivity index (χ4v) is 5.41. The molecule has 3 heterocycles. The van der Waals surface area contributed by atoms with Gasteiger partial charge >= 0.3 is 5.97 Å². The number of aryl methyl sites for hydroxylation is 1. The van der Waals surface area contributed by atoms with Gasteiger partial charge in [-0.2, -0.15) is 0 Å². The van der Waals surface area contributed by atoms with Crippen LogP contribution in [0, 0.1) is 5.41 Å². The van der Waals surface area contributed by atoms with Crippen LogP contribution in [0.15, 0.2) is 42.6 Å². The summed E-state index contributed by atoms with van der Waals surface area (Å²) in [5.74, 6) is 0.0264. The van der Waals surface area contributed by atoms with Crippen LogP contribution in [0.1, 0.15) is 54.7 Å². The number of Topliss-reactive ketones (excluding diaryl/α,β-unsaturated/α-hetero) is 1. The van der Waals surface area contributed by atoms with Crippen LogP contribution in [0.5, 0.6) is 0 Å². The van der Waals surface area contributed by atoms with E-state index in [0.717, 1.165) is 43.5 Å². The Labute approximate surface area is 172 Å². The van der Waals surface area contributed by atoms with E-state index in [1.807, 2.05) is 49.0 Å². The van der Waals surface area contributed by atoms with Gasteiger partial charge in [0.05, 0.1) is 12.0 Å². The van der Waals surface area contributed by atoms with Crippen molar-refractivity contribution in [2.24, 2.45) is 12.5 Å². The number of fused-ring (bicyclic) bond motifs is 2. The molecular formula is C24H30N2O3. The van der Waals surface area contributed by atoms with Crippen LogP contribution < -0.4 is 0 Å². The number of aromatic nitrogens is 1. The maximum absolute atomic E-state index is 13.2. The van der Waals surface area contributed by atoms with Crippen molar-refractivity contribution in [3.63, 3.8) is 0 Å². The van der Waals surface area contributed by atoms with Gasteiger partial charge in [-0.25, -0.2) is 0 Å². The summed E-state index contributed by atoms with van der Waals surface area (Å²) in [5.41, 5.74) is 2.56. The Kier molecular flexibility index (Phi) is 5.34. The Morgan fingerprint density at radius 2 is 1.97 bits per heavy atom. The molecule has 2 aromatic rings. The molecule has 0 unspecified atom stereocenters. The monoisotopic (exact) mass is 394 g/mol. The summed E-state index contributed by atoms with van der Waals surface area (Å²) >= 11 is 0. The highest BCUT2D eigenvalue weighted by molar-refractivity contribution is 5.94. The van der Waals surface area contributed by atoms with Crippen LogP contribution in [-0.2, 0) is 29.5 Å². The third-order valence-electron chi connectivity index (χ3n) is 6.78. The molecule has 0 spiro atoms. The van der Waals surface area contributed by atoms with E-state index in [1.54, 1.807) is 6.92 Å². The Balaban J connectivity index is 1.63. The molecule has 0 amide bonds. The van der Waals surface area contributed by atoms with Gasteiger partial charge < -0.3 is 9.30 Å². The molecule has 2 bridgehead atoms. The van der Waals surface area contributed by atoms with Gasteiger partial charge in [0.1, 0.15) is 0 Å². The van der Waals surface area contributed by atoms with E-state index in [1.165, 1.54) is 5.56 Å². The number of nitrogens with zero attached hydrogens (tertiary/aromatic N) is 2. The van der Waals surface area contributed by atoms with E-state index in [-0.39, 0.29) is 17.8 Å².